The van der Waals surface area contributed by atoms with Crippen molar-refractivity contribution in [1.29, 1.82) is 0 Å². The lowest BCUT2D eigenvalue weighted by Crippen LogP contribution is -2.42. The molecule has 2 fully saturated rings. The first kappa shape index (κ1) is 12.8. The van der Waals surface area contributed by atoms with E-state index >= 15 is 0 Å². The number of rotatable bonds is 2. The first-order chi connectivity index (χ1) is 9.19. The second-order valence-corrected chi connectivity index (χ2v) is 5.76. The molecule has 1 aromatic carbocycles. The zero-order chi connectivity index (χ0) is 13.3. The molecular weight excluding hydrogens is 240 g/mol. The highest BCUT2D eigenvalue weighted by molar-refractivity contribution is 5.98. The van der Waals surface area contributed by atoms with Crippen LogP contribution in [-0.4, -0.2) is 31.2 Å². The van der Waals surface area contributed by atoms with Crippen LogP contribution in [0.3, 0.4) is 0 Å². The average molecular weight is 260 g/mol. The molecule has 2 saturated heterocycles. The van der Waals surface area contributed by atoms with Crippen LogP contribution in [0.15, 0.2) is 24.3 Å². The van der Waals surface area contributed by atoms with Crippen molar-refractivity contribution in [1.82, 2.24) is 0 Å². The van der Waals surface area contributed by atoms with Gasteiger partial charge in [0, 0.05) is 31.1 Å². The van der Waals surface area contributed by atoms with Gasteiger partial charge in [-0.15, -0.1) is 0 Å². The minimum atomic E-state index is -0.192. The molecule has 0 aromatic heterocycles. The summed E-state index contributed by atoms with van der Waals surface area (Å²) in [5, 5.41) is 0. The normalized spacial score (nSPS) is 30.7. The maximum absolute atomic E-state index is 12.6. The molecule has 0 aliphatic carbocycles. The molecule has 0 saturated carbocycles. The SMILES string of the molecule is Cc1cccc(C(=O)C2CCOC3(CCOC3)C2)c1. The van der Waals surface area contributed by atoms with Crippen molar-refractivity contribution >= 4 is 5.78 Å². The molecule has 0 amide bonds. The molecule has 2 heterocycles. The predicted octanol–water partition coefficient (Wildman–Crippen LogP) is 2.76. The summed E-state index contributed by atoms with van der Waals surface area (Å²) in [7, 11) is 0. The van der Waals surface area contributed by atoms with Crippen molar-refractivity contribution in [3.8, 4) is 0 Å². The van der Waals surface area contributed by atoms with E-state index in [2.05, 4.69) is 0 Å². The average Bonchev–Trinajstić information content (AvgIpc) is 2.86. The van der Waals surface area contributed by atoms with E-state index in [1.165, 1.54) is 0 Å². The van der Waals surface area contributed by atoms with Crippen LogP contribution in [0.5, 0.6) is 0 Å². The number of Topliss-reactive ketones (excluding diaryl/α,β-unsaturated/α-hetero) is 1. The lowest BCUT2D eigenvalue weighted by atomic mass is 9.81. The number of ketones is 1. The maximum atomic E-state index is 12.6. The molecule has 0 bridgehead atoms. The van der Waals surface area contributed by atoms with Gasteiger partial charge in [0.05, 0.1) is 12.2 Å². The summed E-state index contributed by atoms with van der Waals surface area (Å²) in [5.74, 6) is 0.343. The number of hydrogen-bond acceptors (Lipinski definition) is 3. The van der Waals surface area contributed by atoms with Crippen molar-refractivity contribution in [3.63, 3.8) is 0 Å². The standard InChI is InChI=1S/C16H20O3/c1-12-3-2-4-13(9-12)15(17)14-5-7-19-16(10-14)6-8-18-11-16/h2-4,9,14H,5-8,10-11H2,1H3. The third-order valence-corrected chi connectivity index (χ3v) is 4.23. The van der Waals surface area contributed by atoms with Crippen molar-refractivity contribution in [2.24, 2.45) is 5.92 Å². The quantitative estimate of drug-likeness (QED) is 0.767. The van der Waals surface area contributed by atoms with Gasteiger partial charge in [0.2, 0.25) is 0 Å². The van der Waals surface area contributed by atoms with Crippen LogP contribution in [0.4, 0.5) is 0 Å². The molecule has 3 rings (SSSR count). The Labute approximate surface area is 113 Å². The van der Waals surface area contributed by atoms with Crippen LogP contribution < -0.4 is 0 Å². The topological polar surface area (TPSA) is 35.5 Å². The van der Waals surface area contributed by atoms with Crippen LogP contribution in [0, 0.1) is 12.8 Å². The van der Waals surface area contributed by atoms with Gasteiger partial charge in [-0.3, -0.25) is 4.79 Å². The summed E-state index contributed by atoms with van der Waals surface area (Å²) in [4.78, 5) is 12.6. The summed E-state index contributed by atoms with van der Waals surface area (Å²) in [6.07, 6.45) is 2.55. The zero-order valence-corrected chi connectivity index (χ0v) is 11.4. The predicted molar refractivity (Wildman–Crippen MR) is 72.4 cm³/mol. The maximum Gasteiger partial charge on any atom is 0.166 e. The van der Waals surface area contributed by atoms with Gasteiger partial charge < -0.3 is 9.47 Å². The van der Waals surface area contributed by atoms with Gasteiger partial charge >= 0.3 is 0 Å². The molecule has 0 N–H and O–H groups in total. The molecule has 2 aliphatic heterocycles. The van der Waals surface area contributed by atoms with Crippen LogP contribution in [0.25, 0.3) is 0 Å². The summed E-state index contributed by atoms with van der Waals surface area (Å²) in [6.45, 7) is 4.09. The van der Waals surface area contributed by atoms with Crippen molar-refractivity contribution in [2.45, 2.75) is 31.8 Å². The number of ether oxygens (including phenoxy) is 2. The molecule has 1 aromatic rings. The molecule has 2 aliphatic rings. The van der Waals surface area contributed by atoms with E-state index in [9.17, 15) is 4.79 Å². The van der Waals surface area contributed by atoms with Gasteiger partial charge in [-0.05, 0) is 25.8 Å². The molecule has 3 nitrogen and oxygen atoms in total. The van der Waals surface area contributed by atoms with E-state index in [-0.39, 0.29) is 17.3 Å². The molecule has 2 atom stereocenters. The highest BCUT2D eigenvalue weighted by atomic mass is 16.6. The molecule has 3 heteroatoms. The Morgan fingerprint density at radius 1 is 1.37 bits per heavy atom. The number of carbonyl (C=O) groups is 1. The summed E-state index contributed by atoms with van der Waals surface area (Å²) < 4.78 is 11.3. The fourth-order valence-electron chi connectivity index (χ4n) is 3.15. The molecule has 0 radical (unpaired) electrons. The Hall–Kier alpha value is -1.19. The lowest BCUT2D eigenvalue weighted by molar-refractivity contribution is -0.0920. The lowest BCUT2D eigenvalue weighted by Gasteiger charge is -2.36. The largest absolute Gasteiger partial charge is 0.378 e. The Bertz CT molecular complexity index is 475. The summed E-state index contributed by atoms with van der Waals surface area (Å²) in [6, 6.07) is 7.88. The fraction of sp³-hybridized carbons (Fsp3) is 0.562. The van der Waals surface area contributed by atoms with E-state index in [4.69, 9.17) is 9.47 Å². The van der Waals surface area contributed by atoms with E-state index in [0.717, 1.165) is 37.0 Å². The van der Waals surface area contributed by atoms with Gasteiger partial charge in [-0.25, -0.2) is 0 Å². The van der Waals surface area contributed by atoms with Crippen LogP contribution in [-0.2, 0) is 9.47 Å². The molecule has 2 unspecified atom stereocenters. The smallest absolute Gasteiger partial charge is 0.166 e. The highest BCUT2D eigenvalue weighted by Crippen LogP contribution is 2.37. The third-order valence-electron chi connectivity index (χ3n) is 4.23. The highest BCUT2D eigenvalue weighted by Gasteiger charge is 2.42. The summed E-state index contributed by atoms with van der Waals surface area (Å²) >= 11 is 0. The van der Waals surface area contributed by atoms with Gasteiger partial charge in [-0.2, -0.15) is 0 Å². The van der Waals surface area contributed by atoms with Gasteiger partial charge in [0.25, 0.3) is 0 Å². The Balaban J connectivity index is 1.76. The fourth-order valence-corrected chi connectivity index (χ4v) is 3.15. The minimum absolute atomic E-state index is 0.0808. The van der Waals surface area contributed by atoms with E-state index in [0.29, 0.717) is 13.2 Å². The summed E-state index contributed by atoms with van der Waals surface area (Å²) in [5.41, 5.74) is 1.78. The zero-order valence-electron chi connectivity index (χ0n) is 11.4. The Kier molecular flexibility index (Phi) is 3.42. The Morgan fingerprint density at radius 2 is 2.26 bits per heavy atom. The number of carbonyl (C=O) groups excluding carboxylic acids is 1. The van der Waals surface area contributed by atoms with Crippen molar-refractivity contribution < 1.29 is 14.3 Å². The Morgan fingerprint density at radius 3 is 3.00 bits per heavy atom. The van der Waals surface area contributed by atoms with Gasteiger partial charge in [-0.1, -0.05) is 23.8 Å². The molecular formula is C16H20O3. The van der Waals surface area contributed by atoms with Gasteiger partial charge in [0.15, 0.2) is 5.78 Å². The van der Waals surface area contributed by atoms with Crippen LogP contribution in [0.2, 0.25) is 0 Å². The first-order valence-electron chi connectivity index (χ1n) is 7.01. The van der Waals surface area contributed by atoms with Crippen LogP contribution in [0.1, 0.15) is 35.2 Å². The van der Waals surface area contributed by atoms with E-state index in [1.54, 1.807) is 0 Å². The molecule has 102 valence electrons. The second kappa shape index (κ2) is 5.06. The van der Waals surface area contributed by atoms with Crippen LogP contribution >= 0.6 is 0 Å². The second-order valence-electron chi connectivity index (χ2n) is 5.76. The van der Waals surface area contributed by atoms with Crippen molar-refractivity contribution in [3.05, 3.63) is 35.4 Å². The molecule has 1 spiro atoms. The third kappa shape index (κ3) is 2.58. The first-order valence-corrected chi connectivity index (χ1v) is 7.01. The minimum Gasteiger partial charge on any atom is -0.378 e. The van der Waals surface area contributed by atoms with Crippen molar-refractivity contribution in [2.75, 3.05) is 19.8 Å². The monoisotopic (exact) mass is 260 g/mol. The number of aryl methyl sites for hydroxylation is 1. The van der Waals surface area contributed by atoms with Gasteiger partial charge in [0.1, 0.15) is 0 Å². The number of benzene rings is 1. The molecule has 19 heavy (non-hydrogen) atoms. The van der Waals surface area contributed by atoms with E-state index < -0.39 is 0 Å². The van der Waals surface area contributed by atoms with E-state index in [1.807, 2.05) is 31.2 Å². The number of hydrogen-bond donors (Lipinski definition) is 0.